The number of piperazine rings is 2. The zero-order valence-electron chi connectivity index (χ0n) is 65.4. The average Bonchev–Trinajstić information content (AvgIpc) is 0.683. The van der Waals surface area contributed by atoms with Gasteiger partial charge in [-0.3, -0.25) is 38.5 Å². The lowest BCUT2D eigenvalue weighted by molar-refractivity contribution is -0.182. The molecule has 3 saturated heterocycles. The number of carbonyl (C=O) groups excluding carboxylic acids is 5. The third kappa shape index (κ3) is 21.0. The lowest BCUT2D eigenvalue weighted by Gasteiger charge is -2.73. The van der Waals surface area contributed by atoms with Gasteiger partial charge in [-0.25, -0.2) is 18.1 Å². The van der Waals surface area contributed by atoms with E-state index in [1.165, 1.54) is 56.2 Å². The van der Waals surface area contributed by atoms with Gasteiger partial charge in [0, 0.05) is 137 Å². The Kier molecular flexibility index (Phi) is 26.8. The largest absolute Gasteiger partial charge is 0.443 e. The fourth-order valence-electron chi connectivity index (χ4n) is 16.6. The molecule has 110 heavy (non-hydrogen) atoms. The number of β-amino-alcohol motifs (C(OH)–C–C–N with tert-alkyl or cyclic N) is 1. The molecule has 0 spiro atoms. The van der Waals surface area contributed by atoms with E-state index in [1.54, 1.807) is 58.5 Å². The topological polar surface area (TPSA) is 288 Å². The molecule has 0 unspecified atom stereocenters. The van der Waals surface area contributed by atoms with Crippen LogP contribution in [0.25, 0.3) is 11.3 Å². The van der Waals surface area contributed by atoms with Gasteiger partial charge in [0.05, 0.1) is 55.9 Å². The molecule has 13 rings (SSSR count). The van der Waals surface area contributed by atoms with Crippen molar-refractivity contribution in [3.05, 3.63) is 149 Å². The van der Waals surface area contributed by atoms with Crippen LogP contribution in [0.15, 0.2) is 135 Å². The summed E-state index contributed by atoms with van der Waals surface area (Å²) in [4.78, 5) is 83.7. The summed E-state index contributed by atoms with van der Waals surface area (Å²) in [6.45, 7) is 26.3. The molecule has 7 aliphatic rings. The van der Waals surface area contributed by atoms with Gasteiger partial charge in [0.1, 0.15) is 24.4 Å². The van der Waals surface area contributed by atoms with Crippen LogP contribution in [0.5, 0.6) is 0 Å². The summed E-state index contributed by atoms with van der Waals surface area (Å²) in [6, 6.07) is 28.1. The van der Waals surface area contributed by atoms with E-state index >= 15 is 0 Å². The summed E-state index contributed by atoms with van der Waals surface area (Å²) in [5.74, 6) is -0.514. The first kappa shape index (κ1) is 81.5. The van der Waals surface area contributed by atoms with Crippen molar-refractivity contribution in [2.24, 2.45) is 21.7 Å². The number of ether oxygens (including phenoxy) is 3. The minimum absolute atomic E-state index is 0.0154. The van der Waals surface area contributed by atoms with E-state index in [1.807, 2.05) is 99.7 Å². The van der Waals surface area contributed by atoms with Crippen LogP contribution in [0.2, 0.25) is 0 Å². The Labute approximate surface area is 652 Å². The van der Waals surface area contributed by atoms with Gasteiger partial charge < -0.3 is 54.4 Å². The number of aliphatic hydroxyl groups is 1. The Bertz CT molecular complexity index is 4260. The Morgan fingerprint density at radius 3 is 2.23 bits per heavy atom. The quantitative estimate of drug-likeness (QED) is 0.0139. The van der Waals surface area contributed by atoms with Gasteiger partial charge in [0.2, 0.25) is 23.6 Å². The lowest BCUT2D eigenvalue weighted by Crippen LogP contribution is -2.63. The van der Waals surface area contributed by atoms with Gasteiger partial charge in [0.15, 0.2) is 12.2 Å². The van der Waals surface area contributed by atoms with Crippen LogP contribution in [-0.4, -0.2) is 218 Å². The number of sulfonamides is 1. The van der Waals surface area contributed by atoms with Crippen LogP contribution >= 0.6 is 11.8 Å². The summed E-state index contributed by atoms with van der Waals surface area (Å²) in [5, 5.41) is 28.5. The highest BCUT2D eigenvalue weighted by atomic mass is 32.2. The fourth-order valence-corrected chi connectivity index (χ4v) is 18.7. The molecule has 0 radical (unpaired) electrons. The maximum atomic E-state index is 14.1. The van der Waals surface area contributed by atoms with E-state index in [2.05, 4.69) is 83.6 Å². The van der Waals surface area contributed by atoms with Gasteiger partial charge in [-0.05, 0) is 153 Å². The first-order chi connectivity index (χ1) is 52.7. The van der Waals surface area contributed by atoms with Gasteiger partial charge >= 0.3 is 0 Å². The average molecular weight is 1550 g/mol. The van der Waals surface area contributed by atoms with Crippen molar-refractivity contribution in [2.75, 3.05) is 121 Å². The Morgan fingerprint density at radius 2 is 1.54 bits per heavy atom. The number of allylic oxidation sites excluding steroid dienone is 1. The smallest absolute Gasteiger partial charge is 0.264 e. The molecule has 6 aromatic rings. The standard InChI is InChI=1S/C83H113N13O12S2/c1-9-82-54-83(55-82,56-82)70-46-81(7,8)29-27-63(70)48-92-34-36-93(37-35-92)66-23-21-62(22-24-66)77(100)89-110(103,104)69-25-26-71(58(2)44-69)86-64(53-109-68-14-11-10-12-15-68)28-31-91-32-38-94(39-33-91)74(99)16-13-30-95-49-65(88-90-95)51-106-42-40-105-41-43-107-52-73(98)87-76(80(4,5)6)79(102)96-50-67(97)45-72(96)78(101)84-47-60-17-19-61(20-18-60)75-59(3)85-57-108-75/h10-12,14-15,17-26,44,49,57,64,67,72,76,86,97H,9,13,16,27-43,45-48,50-56H2,1-8H3,(H,84,101)(H,87,98)(H,89,100)/t64-,67-,72+,76-,82?,83?/m1/s1. The van der Waals surface area contributed by atoms with E-state index < -0.39 is 57.3 Å². The highest BCUT2D eigenvalue weighted by Crippen LogP contribution is 2.79. The van der Waals surface area contributed by atoms with Crippen molar-refractivity contribution in [1.82, 2.24) is 54.9 Å². The van der Waals surface area contributed by atoms with Crippen molar-refractivity contribution in [3.63, 3.8) is 0 Å². The van der Waals surface area contributed by atoms with Crippen LogP contribution in [-0.2, 0) is 63.1 Å². The molecular formula is C83H113N13O12S2. The van der Waals surface area contributed by atoms with Crippen LogP contribution < -0.4 is 25.6 Å². The van der Waals surface area contributed by atoms with Crippen molar-refractivity contribution in [3.8, 4) is 11.3 Å². The van der Waals surface area contributed by atoms with E-state index in [0.717, 1.165) is 103 Å². The SMILES string of the molecule is CCC12CC(C3=C(CN4CCN(c5ccc(C(=O)NS(=O)(=O)c6ccc(N[C@H](CCN7CCN(C(=O)CCCn8cc(COCCOCCOCC(=O)N[C@H](C(=O)N9C[C@H](O)C[C@H]9C(=O)NCc9ccc(-c%10ocnc%10C)cc9)C(C)(C)C)nn8)CC7)CSc7ccccc7)c(C)c6)cc5)CC4)CCC(C)(C)C3)(C1)C2. The van der Waals surface area contributed by atoms with E-state index in [9.17, 15) is 37.5 Å². The number of anilines is 2. The van der Waals surface area contributed by atoms with Gasteiger partial charge in [-0.2, -0.15) is 0 Å². The summed E-state index contributed by atoms with van der Waals surface area (Å²) in [7, 11) is -4.19. The highest BCUT2D eigenvalue weighted by Gasteiger charge is 2.68. The van der Waals surface area contributed by atoms with E-state index in [4.69, 9.17) is 18.6 Å². The molecule has 4 atom stereocenters. The monoisotopic (exact) mass is 1550 g/mol. The van der Waals surface area contributed by atoms with E-state index in [0.29, 0.717) is 60.2 Å². The lowest BCUT2D eigenvalue weighted by atomic mass is 9.31. The van der Waals surface area contributed by atoms with E-state index in [-0.39, 0.29) is 81.6 Å². The molecule has 25 nitrogen and oxygen atoms in total. The minimum Gasteiger partial charge on any atom is -0.443 e. The number of amides is 5. The number of oxazole rings is 1. The number of hydrogen-bond acceptors (Lipinski definition) is 20. The predicted octanol–water partition coefficient (Wildman–Crippen LogP) is 9.82. The second-order valence-corrected chi connectivity index (χ2v) is 35.8. The summed E-state index contributed by atoms with van der Waals surface area (Å²) in [5.41, 5.74) is 10.3. The zero-order chi connectivity index (χ0) is 77.8. The van der Waals surface area contributed by atoms with Crippen LogP contribution in [0.3, 0.4) is 0 Å². The van der Waals surface area contributed by atoms with Gasteiger partial charge in [-0.15, -0.1) is 16.9 Å². The minimum atomic E-state index is -4.19. The van der Waals surface area contributed by atoms with Crippen LogP contribution in [0.4, 0.5) is 11.4 Å². The van der Waals surface area contributed by atoms with Crippen molar-refractivity contribution < 1.29 is 56.1 Å². The number of rotatable bonds is 36. The van der Waals surface area contributed by atoms with Crippen LogP contribution in [0.1, 0.15) is 145 Å². The first-order valence-corrected chi connectivity index (χ1v) is 41.8. The number of benzene rings is 4. The molecular weight excluding hydrogens is 1440 g/mol. The Hall–Kier alpha value is -8.02. The second kappa shape index (κ2) is 36.2. The number of aryl methyl sites for hydroxylation is 3. The number of hydrogen-bond donors (Lipinski definition) is 5. The molecule has 2 aromatic heterocycles. The number of carbonyl (C=O) groups is 5. The molecule has 5 N–H and O–H groups in total. The zero-order valence-corrected chi connectivity index (χ0v) is 67.0. The number of thioether (sulfide) groups is 1. The van der Waals surface area contributed by atoms with Crippen LogP contribution in [0, 0.1) is 35.5 Å². The molecule has 6 fully saturated rings. The molecule has 4 aliphatic carbocycles. The van der Waals surface area contributed by atoms with Crippen molar-refractivity contribution >= 4 is 62.7 Å². The maximum absolute atomic E-state index is 14.1. The van der Waals surface area contributed by atoms with Gasteiger partial charge in [-0.1, -0.05) is 107 Å². The summed E-state index contributed by atoms with van der Waals surface area (Å²) < 4.78 is 54.2. The fraction of sp³-hybridized carbons (Fsp3) is 0.566. The molecule has 5 amide bonds. The summed E-state index contributed by atoms with van der Waals surface area (Å²) >= 11 is 1.76. The van der Waals surface area contributed by atoms with Gasteiger partial charge in [0.25, 0.3) is 15.9 Å². The number of nitrogens with zero attached hydrogens (tertiary/aromatic N) is 9. The molecule has 27 heteroatoms. The molecule has 2 bridgehead atoms. The maximum Gasteiger partial charge on any atom is 0.264 e. The molecule has 3 aliphatic heterocycles. The molecule has 594 valence electrons. The number of aliphatic hydroxyl groups excluding tert-OH is 1. The Balaban J connectivity index is 0.511. The molecule has 4 aromatic carbocycles. The number of nitrogens with one attached hydrogen (secondary N) is 4. The number of likely N-dealkylation sites (tertiary alicyclic amines) is 1. The second-order valence-electron chi connectivity index (χ2n) is 33.0. The third-order valence-corrected chi connectivity index (χ3v) is 25.6. The predicted molar refractivity (Wildman–Crippen MR) is 423 cm³/mol. The van der Waals surface area contributed by atoms with Crippen molar-refractivity contribution in [1.29, 1.82) is 0 Å². The molecule has 3 saturated carbocycles. The molecule has 5 heterocycles. The number of aromatic nitrogens is 4. The summed E-state index contributed by atoms with van der Waals surface area (Å²) in [6.07, 6.45) is 13.4. The normalized spacial score (nSPS) is 21.4. The first-order valence-electron chi connectivity index (χ1n) is 39.3. The Morgan fingerprint density at radius 1 is 0.827 bits per heavy atom. The highest BCUT2D eigenvalue weighted by molar-refractivity contribution is 7.99. The third-order valence-electron chi connectivity index (χ3n) is 23.1. The van der Waals surface area contributed by atoms with Crippen molar-refractivity contribution in [2.45, 2.75) is 180 Å².